The van der Waals surface area contributed by atoms with Gasteiger partial charge in [-0.15, -0.1) is 0 Å². The van der Waals surface area contributed by atoms with E-state index < -0.39 is 6.09 Å². The summed E-state index contributed by atoms with van der Waals surface area (Å²) in [6.07, 6.45) is 1.05. The van der Waals surface area contributed by atoms with Crippen molar-refractivity contribution in [1.29, 1.82) is 0 Å². The molecule has 6 rings (SSSR count). The highest BCUT2D eigenvalue weighted by Gasteiger charge is 2.37. The normalized spacial score (nSPS) is 20.4. The van der Waals surface area contributed by atoms with E-state index in [4.69, 9.17) is 9.47 Å². The third-order valence-electron chi connectivity index (χ3n) is 6.26. The van der Waals surface area contributed by atoms with Crippen molar-refractivity contribution in [3.8, 4) is 5.75 Å². The Morgan fingerprint density at radius 1 is 1.12 bits per heavy atom. The number of rotatable bonds is 5. The molecule has 1 aromatic heterocycles. The molecular formula is C24H22FN5O4. The van der Waals surface area contributed by atoms with Crippen molar-refractivity contribution in [2.75, 3.05) is 48.3 Å². The van der Waals surface area contributed by atoms with Crippen molar-refractivity contribution in [2.45, 2.75) is 12.1 Å². The molecule has 3 aliphatic heterocycles. The monoisotopic (exact) mass is 463 g/mol. The molecular weight excluding hydrogens is 441 g/mol. The van der Waals surface area contributed by atoms with Crippen molar-refractivity contribution in [3.05, 3.63) is 54.5 Å². The number of fused-ring (bicyclic) bond motifs is 2. The number of anilines is 3. The van der Waals surface area contributed by atoms with E-state index in [1.165, 1.54) is 12.1 Å². The zero-order valence-electron chi connectivity index (χ0n) is 18.2. The third-order valence-corrected chi connectivity index (χ3v) is 6.26. The molecule has 2 saturated heterocycles. The number of hydrogen-bond donors (Lipinski definition) is 2. The summed E-state index contributed by atoms with van der Waals surface area (Å²) in [4.78, 5) is 32.1. The molecule has 2 N–H and O–H groups in total. The first-order valence-electron chi connectivity index (χ1n) is 11.1. The minimum absolute atomic E-state index is 0.0138. The molecule has 0 radical (unpaired) electrons. The number of carbonyl (C=O) groups is 2. The van der Waals surface area contributed by atoms with Crippen LogP contribution in [-0.4, -0.2) is 66.8 Å². The van der Waals surface area contributed by atoms with E-state index in [1.54, 1.807) is 35.4 Å². The molecule has 2 aromatic carbocycles. The molecule has 9 nitrogen and oxygen atoms in total. The highest BCUT2D eigenvalue weighted by atomic mass is 19.1. The maximum atomic E-state index is 13.7. The summed E-state index contributed by atoms with van der Waals surface area (Å²) in [5.74, 6) is 0.0638. The zero-order chi connectivity index (χ0) is 23.2. The second-order valence-corrected chi connectivity index (χ2v) is 8.71. The molecule has 3 aromatic rings. The second kappa shape index (κ2) is 8.14. The van der Waals surface area contributed by atoms with Gasteiger partial charge in [-0.25, -0.2) is 9.18 Å². The lowest BCUT2D eigenvalue weighted by atomic mass is 10.1. The summed E-state index contributed by atoms with van der Waals surface area (Å²) in [6, 6.07) is 11.9. The Morgan fingerprint density at radius 3 is 2.88 bits per heavy atom. The first kappa shape index (κ1) is 20.7. The van der Waals surface area contributed by atoms with Crippen molar-refractivity contribution < 1.29 is 23.5 Å². The van der Waals surface area contributed by atoms with Gasteiger partial charge in [-0.3, -0.25) is 19.6 Å². The van der Waals surface area contributed by atoms with Gasteiger partial charge in [0.15, 0.2) is 6.61 Å². The van der Waals surface area contributed by atoms with E-state index in [0.717, 1.165) is 29.7 Å². The number of amides is 2. The molecule has 34 heavy (non-hydrogen) atoms. The van der Waals surface area contributed by atoms with E-state index in [1.807, 2.05) is 6.07 Å². The van der Waals surface area contributed by atoms with Crippen molar-refractivity contribution >= 4 is 40.0 Å². The fourth-order valence-electron chi connectivity index (χ4n) is 4.63. The van der Waals surface area contributed by atoms with Crippen LogP contribution < -0.4 is 20.3 Å². The number of benzene rings is 2. The van der Waals surface area contributed by atoms with Crippen LogP contribution in [0.3, 0.4) is 0 Å². The van der Waals surface area contributed by atoms with Crippen molar-refractivity contribution in [3.63, 3.8) is 0 Å². The summed E-state index contributed by atoms with van der Waals surface area (Å²) < 4.78 is 24.6. The topological polar surface area (TPSA) is 96.0 Å². The summed E-state index contributed by atoms with van der Waals surface area (Å²) in [7, 11) is 0. The fraction of sp³-hybridized carbons (Fsp3) is 0.292. The molecule has 4 heterocycles. The lowest BCUT2D eigenvalue weighted by molar-refractivity contribution is -0.118. The van der Waals surface area contributed by atoms with Crippen molar-refractivity contribution in [1.82, 2.24) is 9.88 Å². The number of hydrogen-bond acceptors (Lipinski definition) is 7. The predicted molar refractivity (Wildman–Crippen MR) is 124 cm³/mol. The average molecular weight is 463 g/mol. The maximum Gasteiger partial charge on any atom is 0.414 e. The van der Waals surface area contributed by atoms with Crippen LogP contribution in [-0.2, 0) is 9.53 Å². The van der Waals surface area contributed by atoms with Gasteiger partial charge in [0.25, 0.3) is 5.91 Å². The SMILES string of the molecule is O=C1COc2ccc(N3CC(CN4CC(Nc5ccnc6ccc(F)cc56)C4)OC3=O)cc2N1. The van der Waals surface area contributed by atoms with Gasteiger partial charge in [0.2, 0.25) is 0 Å². The standard InChI is InChI=1S/C24H22FN5O4/c25-14-1-3-19-18(7-14)20(5-6-26-19)27-15-9-29(10-15)11-17-12-30(24(32)34-17)16-2-4-22-21(8-16)28-23(31)13-33-22/h1-8,15,17H,9-13H2,(H,26,27)(H,28,31). The molecule has 10 heteroatoms. The molecule has 174 valence electrons. The molecule has 1 atom stereocenters. The third kappa shape index (κ3) is 3.86. The number of aromatic nitrogens is 1. The molecule has 2 fully saturated rings. The number of likely N-dealkylation sites (tertiary alicyclic amines) is 1. The summed E-state index contributed by atoms with van der Waals surface area (Å²) >= 11 is 0. The Labute approximate surface area is 194 Å². The summed E-state index contributed by atoms with van der Waals surface area (Å²) in [5, 5.41) is 6.98. The lowest BCUT2D eigenvalue weighted by Crippen LogP contribution is -2.56. The Bertz CT molecular complexity index is 1300. The molecule has 0 bridgehead atoms. The number of cyclic esters (lactones) is 1. The number of nitrogens with zero attached hydrogens (tertiary/aromatic N) is 3. The average Bonchev–Trinajstić information content (AvgIpc) is 3.17. The minimum atomic E-state index is -0.409. The Hall–Kier alpha value is -3.92. The van der Waals surface area contributed by atoms with Crippen molar-refractivity contribution in [2.24, 2.45) is 0 Å². The fourth-order valence-corrected chi connectivity index (χ4v) is 4.63. The number of pyridine rings is 1. The molecule has 3 aliphatic rings. The van der Waals surface area contributed by atoms with Gasteiger partial charge in [0, 0.05) is 42.6 Å². The Balaban J connectivity index is 1.05. The van der Waals surface area contributed by atoms with Gasteiger partial charge >= 0.3 is 6.09 Å². The van der Waals surface area contributed by atoms with E-state index in [-0.39, 0.29) is 30.5 Å². The highest BCUT2D eigenvalue weighted by molar-refractivity contribution is 5.97. The second-order valence-electron chi connectivity index (χ2n) is 8.71. The van der Waals surface area contributed by atoms with Gasteiger partial charge < -0.3 is 20.1 Å². The molecule has 0 aliphatic carbocycles. The first-order chi connectivity index (χ1) is 16.5. The highest BCUT2D eigenvalue weighted by Crippen LogP contribution is 2.34. The van der Waals surface area contributed by atoms with E-state index in [0.29, 0.717) is 30.2 Å². The van der Waals surface area contributed by atoms with Gasteiger partial charge in [0.05, 0.1) is 23.8 Å². The molecule has 1 unspecified atom stereocenters. The van der Waals surface area contributed by atoms with Crippen LogP contribution in [0.5, 0.6) is 5.75 Å². The predicted octanol–water partition coefficient (Wildman–Crippen LogP) is 2.83. The van der Waals surface area contributed by atoms with Crippen LogP contribution >= 0.6 is 0 Å². The largest absolute Gasteiger partial charge is 0.482 e. The Morgan fingerprint density at radius 2 is 2.00 bits per heavy atom. The smallest absolute Gasteiger partial charge is 0.414 e. The maximum absolute atomic E-state index is 13.7. The van der Waals surface area contributed by atoms with E-state index in [9.17, 15) is 14.0 Å². The summed E-state index contributed by atoms with van der Waals surface area (Å²) in [6.45, 7) is 2.61. The number of ether oxygens (including phenoxy) is 2. The molecule has 2 amide bonds. The van der Waals surface area contributed by atoms with E-state index in [2.05, 4.69) is 20.5 Å². The van der Waals surface area contributed by atoms with Crippen LogP contribution in [0.2, 0.25) is 0 Å². The van der Waals surface area contributed by atoms with Gasteiger partial charge in [-0.1, -0.05) is 0 Å². The van der Waals surface area contributed by atoms with E-state index >= 15 is 0 Å². The quantitative estimate of drug-likeness (QED) is 0.601. The van der Waals surface area contributed by atoms with Crippen LogP contribution in [0.15, 0.2) is 48.7 Å². The first-order valence-corrected chi connectivity index (χ1v) is 11.1. The zero-order valence-corrected chi connectivity index (χ0v) is 18.2. The van der Waals surface area contributed by atoms with Crippen LogP contribution in [0.1, 0.15) is 0 Å². The number of nitrogens with one attached hydrogen (secondary N) is 2. The Kier molecular flexibility index (Phi) is 4.95. The number of halogens is 1. The van der Waals surface area contributed by atoms with Gasteiger partial charge in [-0.2, -0.15) is 0 Å². The van der Waals surface area contributed by atoms with Crippen LogP contribution in [0.25, 0.3) is 10.9 Å². The minimum Gasteiger partial charge on any atom is -0.482 e. The summed E-state index contributed by atoms with van der Waals surface area (Å²) in [5.41, 5.74) is 2.80. The molecule has 0 spiro atoms. The number of carbonyl (C=O) groups excluding carboxylic acids is 2. The van der Waals surface area contributed by atoms with Gasteiger partial charge in [0.1, 0.15) is 17.7 Å². The lowest BCUT2D eigenvalue weighted by Gasteiger charge is -2.41. The van der Waals surface area contributed by atoms with Crippen LogP contribution in [0, 0.1) is 5.82 Å². The van der Waals surface area contributed by atoms with Gasteiger partial charge in [-0.05, 0) is 42.5 Å². The molecule has 0 saturated carbocycles. The van der Waals surface area contributed by atoms with Crippen LogP contribution in [0.4, 0.5) is 26.2 Å².